The lowest BCUT2D eigenvalue weighted by Crippen LogP contribution is -2.62. The van der Waals surface area contributed by atoms with Gasteiger partial charge in [-0.15, -0.1) is 0 Å². The van der Waals surface area contributed by atoms with Crippen molar-refractivity contribution in [3.63, 3.8) is 0 Å². The quantitative estimate of drug-likeness (QED) is 0.740. The number of benzene rings is 2. The predicted octanol–water partition coefficient (Wildman–Crippen LogP) is 2.19. The molecular weight excluding hydrogens is 364 g/mol. The molecule has 2 aromatic carbocycles. The third-order valence-electron chi connectivity index (χ3n) is 4.62. The van der Waals surface area contributed by atoms with Crippen molar-refractivity contribution in [3.05, 3.63) is 59.7 Å². The second kappa shape index (κ2) is 7.99. The molecule has 3 rings (SSSR count). The van der Waals surface area contributed by atoms with Gasteiger partial charge >= 0.3 is 12.0 Å². The van der Waals surface area contributed by atoms with E-state index in [1.54, 1.807) is 48.5 Å². The van der Waals surface area contributed by atoms with Gasteiger partial charge in [0.2, 0.25) is 5.91 Å². The second-order valence-corrected chi connectivity index (χ2v) is 6.19. The molecule has 146 valence electrons. The lowest BCUT2D eigenvalue weighted by atomic mass is 9.96. The van der Waals surface area contributed by atoms with Gasteiger partial charge in [-0.3, -0.25) is 4.79 Å². The molecule has 0 bridgehead atoms. The molecule has 0 aromatic heterocycles. The first-order valence-electron chi connectivity index (χ1n) is 8.59. The van der Waals surface area contributed by atoms with Gasteiger partial charge in [0.25, 0.3) is 0 Å². The van der Waals surface area contributed by atoms with Crippen molar-refractivity contribution in [2.24, 2.45) is 0 Å². The van der Waals surface area contributed by atoms with E-state index < -0.39 is 30.0 Å². The van der Waals surface area contributed by atoms with Crippen molar-refractivity contribution in [2.45, 2.75) is 18.5 Å². The lowest BCUT2D eigenvalue weighted by Gasteiger charge is -2.36. The zero-order valence-electron chi connectivity index (χ0n) is 15.4. The van der Waals surface area contributed by atoms with Gasteiger partial charge in [-0.25, -0.2) is 14.5 Å². The number of rotatable bonds is 6. The van der Waals surface area contributed by atoms with Gasteiger partial charge in [-0.1, -0.05) is 36.4 Å². The summed E-state index contributed by atoms with van der Waals surface area (Å²) in [6, 6.07) is 11.6. The predicted molar refractivity (Wildman–Crippen MR) is 99.2 cm³/mol. The lowest BCUT2D eigenvalue weighted by molar-refractivity contribution is -0.157. The molecule has 2 N–H and O–H groups in total. The summed E-state index contributed by atoms with van der Waals surface area (Å²) < 4.78 is 10.8. The van der Waals surface area contributed by atoms with Gasteiger partial charge < -0.3 is 19.9 Å². The summed E-state index contributed by atoms with van der Waals surface area (Å²) in [5.74, 6) is -0.698. The maximum atomic E-state index is 12.8. The van der Waals surface area contributed by atoms with E-state index >= 15 is 0 Å². The van der Waals surface area contributed by atoms with E-state index in [0.29, 0.717) is 22.6 Å². The Morgan fingerprint density at radius 2 is 1.54 bits per heavy atom. The van der Waals surface area contributed by atoms with Crippen LogP contribution in [0, 0.1) is 0 Å². The molecule has 1 heterocycles. The van der Waals surface area contributed by atoms with E-state index in [9.17, 15) is 19.5 Å². The normalized spacial score (nSPS) is 15.8. The first kappa shape index (κ1) is 19.2. The number of carboxylic acids is 1. The number of likely N-dealkylation sites (tertiary alicyclic amines) is 1. The minimum Gasteiger partial charge on any atom is -0.496 e. The Balaban J connectivity index is 2.01. The number of hydrogen-bond acceptors (Lipinski definition) is 5. The highest BCUT2D eigenvalue weighted by molar-refractivity contribution is 6.06. The van der Waals surface area contributed by atoms with Gasteiger partial charge in [0.1, 0.15) is 17.5 Å². The maximum Gasteiger partial charge on any atom is 0.327 e. The minimum absolute atomic E-state index is 0.198. The molecule has 28 heavy (non-hydrogen) atoms. The Labute approximate surface area is 161 Å². The van der Waals surface area contributed by atoms with Gasteiger partial charge in [0, 0.05) is 11.1 Å². The number of aliphatic carboxylic acids is 1. The molecule has 0 radical (unpaired) electrons. The van der Waals surface area contributed by atoms with Crippen molar-refractivity contribution in [3.8, 4) is 11.5 Å². The van der Waals surface area contributed by atoms with E-state index in [4.69, 9.17) is 9.47 Å². The molecule has 2 aromatic rings. The molecule has 1 aliphatic heterocycles. The average molecular weight is 384 g/mol. The summed E-state index contributed by atoms with van der Waals surface area (Å²) in [4.78, 5) is 36.6. The number of para-hydroxylation sites is 2. The zero-order chi connectivity index (χ0) is 20.3. The fourth-order valence-corrected chi connectivity index (χ4v) is 3.19. The summed E-state index contributed by atoms with van der Waals surface area (Å²) in [6.07, 6.45) is -0.198. The second-order valence-electron chi connectivity index (χ2n) is 6.19. The number of urea groups is 1. The highest BCUT2D eigenvalue weighted by Gasteiger charge is 2.46. The van der Waals surface area contributed by atoms with Crippen molar-refractivity contribution < 1.29 is 29.0 Å². The Bertz CT molecular complexity index is 866. The molecule has 1 fully saturated rings. The number of carboxylic acid groups (broad SMARTS) is 1. The zero-order valence-corrected chi connectivity index (χ0v) is 15.4. The number of amides is 3. The SMILES string of the molecule is COc1ccccc1C(NC(=O)N1C(=O)CC1C(=O)O)c1ccccc1OC. The van der Waals surface area contributed by atoms with E-state index in [1.165, 1.54) is 14.2 Å². The fourth-order valence-electron chi connectivity index (χ4n) is 3.19. The van der Waals surface area contributed by atoms with Crippen LogP contribution in [0.1, 0.15) is 23.6 Å². The Kier molecular flexibility index (Phi) is 5.49. The molecule has 1 saturated heterocycles. The van der Waals surface area contributed by atoms with Gasteiger partial charge in [0.05, 0.1) is 26.7 Å². The van der Waals surface area contributed by atoms with E-state index in [0.717, 1.165) is 4.90 Å². The number of ether oxygens (including phenoxy) is 2. The van der Waals surface area contributed by atoms with Crippen LogP contribution in [0.25, 0.3) is 0 Å². The van der Waals surface area contributed by atoms with Crippen molar-refractivity contribution in [1.29, 1.82) is 0 Å². The number of imide groups is 1. The van der Waals surface area contributed by atoms with Crippen LogP contribution in [0.3, 0.4) is 0 Å². The number of nitrogens with one attached hydrogen (secondary N) is 1. The third kappa shape index (κ3) is 3.48. The Morgan fingerprint density at radius 1 is 1.04 bits per heavy atom. The average Bonchev–Trinajstić information content (AvgIpc) is 2.69. The van der Waals surface area contributed by atoms with Crippen LogP contribution >= 0.6 is 0 Å². The standard InChI is InChI=1S/C20H20N2O6/c1-27-15-9-5-3-7-12(15)18(13-8-4-6-10-16(13)28-2)21-20(26)22-14(19(24)25)11-17(22)23/h3-10,14,18H,11H2,1-2H3,(H,21,26)(H,24,25). The summed E-state index contributed by atoms with van der Waals surface area (Å²) in [6.45, 7) is 0. The summed E-state index contributed by atoms with van der Waals surface area (Å²) in [5, 5.41) is 11.9. The highest BCUT2D eigenvalue weighted by Crippen LogP contribution is 2.35. The number of carbonyl (C=O) groups is 3. The molecular formula is C20H20N2O6. The number of methoxy groups -OCH3 is 2. The van der Waals surface area contributed by atoms with Crippen LogP contribution in [0.15, 0.2) is 48.5 Å². The van der Waals surface area contributed by atoms with Gasteiger partial charge in [0.15, 0.2) is 0 Å². The maximum absolute atomic E-state index is 12.8. The largest absolute Gasteiger partial charge is 0.496 e. The number of nitrogens with zero attached hydrogens (tertiary/aromatic N) is 1. The van der Waals surface area contributed by atoms with Crippen molar-refractivity contribution in [1.82, 2.24) is 10.2 Å². The molecule has 0 saturated carbocycles. The smallest absolute Gasteiger partial charge is 0.327 e. The van der Waals surface area contributed by atoms with Crippen LogP contribution in [0.4, 0.5) is 4.79 Å². The monoisotopic (exact) mass is 384 g/mol. The number of carbonyl (C=O) groups excluding carboxylic acids is 2. The molecule has 0 spiro atoms. The first-order chi connectivity index (χ1) is 13.5. The van der Waals surface area contributed by atoms with E-state index in [1.807, 2.05) is 0 Å². The summed E-state index contributed by atoms with van der Waals surface area (Å²) in [5.41, 5.74) is 1.28. The van der Waals surface area contributed by atoms with Crippen LogP contribution in [-0.2, 0) is 9.59 Å². The van der Waals surface area contributed by atoms with Crippen LogP contribution in [0.2, 0.25) is 0 Å². The molecule has 0 aliphatic carbocycles. The highest BCUT2D eigenvalue weighted by atomic mass is 16.5. The molecule has 8 nitrogen and oxygen atoms in total. The summed E-state index contributed by atoms with van der Waals surface area (Å²) in [7, 11) is 3.03. The van der Waals surface area contributed by atoms with Crippen molar-refractivity contribution >= 4 is 17.9 Å². The molecule has 1 atom stereocenters. The fraction of sp³-hybridized carbons (Fsp3) is 0.250. The first-order valence-corrected chi connectivity index (χ1v) is 8.59. The Morgan fingerprint density at radius 3 is 1.96 bits per heavy atom. The summed E-state index contributed by atoms with van der Waals surface area (Å²) >= 11 is 0. The molecule has 8 heteroatoms. The third-order valence-corrected chi connectivity index (χ3v) is 4.62. The van der Waals surface area contributed by atoms with E-state index in [2.05, 4.69) is 5.32 Å². The minimum atomic E-state index is -1.22. The number of β-lactam (4-membered cyclic amide) rings is 1. The van der Waals surface area contributed by atoms with Gasteiger partial charge in [-0.05, 0) is 12.1 Å². The van der Waals surface area contributed by atoms with Crippen LogP contribution < -0.4 is 14.8 Å². The van der Waals surface area contributed by atoms with Crippen LogP contribution in [0.5, 0.6) is 11.5 Å². The number of hydrogen-bond donors (Lipinski definition) is 2. The van der Waals surface area contributed by atoms with E-state index in [-0.39, 0.29) is 6.42 Å². The molecule has 1 aliphatic rings. The Hall–Kier alpha value is -3.55. The molecule has 3 amide bonds. The van der Waals surface area contributed by atoms with Crippen molar-refractivity contribution in [2.75, 3.05) is 14.2 Å². The molecule has 1 unspecified atom stereocenters. The topological polar surface area (TPSA) is 105 Å². The van der Waals surface area contributed by atoms with Gasteiger partial charge in [-0.2, -0.15) is 0 Å². The van der Waals surface area contributed by atoms with Crippen LogP contribution in [-0.4, -0.2) is 48.2 Å².